The number of carbonyl (C=O) groups is 2. The molecule has 0 bridgehead atoms. The number of methoxy groups -OCH3 is 3. The molecule has 7 heteroatoms. The van der Waals surface area contributed by atoms with Gasteiger partial charge >= 0.3 is 0 Å². The summed E-state index contributed by atoms with van der Waals surface area (Å²) in [6.45, 7) is 4.30. The lowest BCUT2D eigenvalue weighted by atomic mass is 10.1. The third-order valence-electron chi connectivity index (χ3n) is 4.53. The van der Waals surface area contributed by atoms with Crippen LogP contribution in [-0.2, 0) is 4.79 Å². The summed E-state index contributed by atoms with van der Waals surface area (Å²) in [6.07, 6.45) is 2.13. The molecule has 0 N–H and O–H groups in total. The van der Waals surface area contributed by atoms with E-state index in [-0.39, 0.29) is 11.8 Å². The molecule has 1 fully saturated rings. The fraction of sp³-hybridized carbons (Fsp3) is 0.579. The quantitative estimate of drug-likeness (QED) is 0.774. The van der Waals surface area contributed by atoms with Crippen molar-refractivity contribution >= 4 is 11.8 Å². The monoisotopic (exact) mass is 364 g/mol. The maximum Gasteiger partial charge on any atom is 0.261 e. The Labute approximate surface area is 154 Å². The van der Waals surface area contributed by atoms with E-state index >= 15 is 0 Å². The van der Waals surface area contributed by atoms with Crippen LogP contribution in [0.25, 0.3) is 0 Å². The summed E-state index contributed by atoms with van der Waals surface area (Å²) in [5.41, 5.74) is 0.379. The predicted molar refractivity (Wildman–Crippen MR) is 98.1 cm³/mol. The number of rotatable bonds is 6. The highest BCUT2D eigenvalue weighted by atomic mass is 16.5. The molecule has 0 aliphatic carbocycles. The molecule has 1 saturated heterocycles. The molecule has 7 nitrogen and oxygen atoms in total. The molecule has 1 heterocycles. The van der Waals surface area contributed by atoms with Crippen LogP contribution < -0.4 is 14.2 Å². The Morgan fingerprint density at radius 1 is 0.923 bits per heavy atom. The van der Waals surface area contributed by atoms with Crippen LogP contribution in [0.5, 0.6) is 17.2 Å². The number of benzene rings is 1. The van der Waals surface area contributed by atoms with Crippen LogP contribution in [0.15, 0.2) is 12.1 Å². The molecule has 0 saturated carbocycles. The van der Waals surface area contributed by atoms with Crippen LogP contribution in [0.1, 0.15) is 36.5 Å². The van der Waals surface area contributed by atoms with E-state index in [9.17, 15) is 9.59 Å². The first-order valence-electron chi connectivity index (χ1n) is 8.92. The van der Waals surface area contributed by atoms with Crippen LogP contribution in [0.3, 0.4) is 0 Å². The van der Waals surface area contributed by atoms with E-state index in [4.69, 9.17) is 14.2 Å². The van der Waals surface area contributed by atoms with E-state index in [1.807, 2.05) is 11.8 Å². The molecule has 0 spiro atoms. The normalized spacial score (nSPS) is 14.6. The fourth-order valence-electron chi connectivity index (χ4n) is 3.12. The van der Waals surface area contributed by atoms with E-state index in [0.717, 1.165) is 12.8 Å². The Bertz CT molecular complexity index is 622. The Kier molecular flexibility index (Phi) is 7.12. The van der Waals surface area contributed by atoms with E-state index < -0.39 is 0 Å². The summed E-state index contributed by atoms with van der Waals surface area (Å²) in [5.74, 6) is 1.37. The average molecular weight is 364 g/mol. The zero-order valence-electron chi connectivity index (χ0n) is 16.0. The number of hydrogen-bond donors (Lipinski definition) is 0. The second-order valence-corrected chi connectivity index (χ2v) is 6.18. The van der Waals surface area contributed by atoms with E-state index in [1.165, 1.54) is 14.2 Å². The lowest BCUT2D eigenvalue weighted by molar-refractivity contribution is -0.131. The molecule has 0 aromatic heterocycles. The molecular formula is C19H28N2O5. The van der Waals surface area contributed by atoms with Gasteiger partial charge in [0, 0.05) is 44.7 Å². The first-order chi connectivity index (χ1) is 12.5. The van der Waals surface area contributed by atoms with E-state index in [1.54, 1.807) is 24.1 Å². The molecule has 1 aliphatic rings. The Hall–Kier alpha value is -2.44. The molecule has 26 heavy (non-hydrogen) atoms. The van der Waals surface area contributed by atoms with Gasteiger partial charge in [-0.2, -0.15) is 0 Å². The molecular weight excluding hydrogens is 336 g/mol. The Morgan fingerprint density at radius 2 is 1.50 bits per heavy atom. The largest absolute Gasteiger partial charge is 0.496 e. The SMILES string of the molecule is CCCC(=O)N1CCCN(C(=O)c2c(OC)cc(OC)cc2OC)CC1. The van der Waals surface area contributed by atoms with Crippen molar-refractivity contribution in [2.24, 2.45) is 0 Å². The lowest BCUT2D eigenvalue weighted by Crippen LogP contribution is -2.37. The lowest BCUT2D eigenvalue weighted by Gasteiger charge is -2.24. The average Bonchev–Trinajstić information content (AvgIpc) is 2.92. The molecule has 1 aromatic carbocycles. The topological polar surface area (TPSA) is 68.3 Å². The van der Waals surface area contributed by atoms with Gasteiger partial charge in [0.15, 0.2) is 0 Å². The van der Waals surface area contributed by atoms with Crippen molar-refractivity contribution in [1.82, 2.24) is 9.80 Å². The van der Waals surface area contributed by atoms with Gasteiger partial charge in [-0.1, -0.05) is 6.92 Å². The third kappa shape index (κ3) is 4.39. The van der Waals surface area contributed by atoms with Gasteiger partial charge in [0.2, 0.25) is 5.91 Å². The molecule has 1 aromatic rings. The highest BCUT2D eigenvalue weighted by molar-refractivity contribution is 6.00. The Balaban J connectivity index is 2.22. The second-order valence-electron chi connectivity index (χ2n) is 6.18. The summed E-state index contributed by atoms with van der Waals surface area (Å²) >= 11 is 0. The van der Waals surface area contributed by atoms with Gasteiger partial charge in [-0.15, -0.1) is 0 Å². The first kappa shape index (κ1) is 19.9. The van der Waals surface area contributed by atoms with Crippen molar-refractivity contribution in [3.8, 4) is 17.2 Å². The van der Waals surface area contributed by atoms with E-state index in [0.29, 0.717) is 55.4 Å². The van der Waals surface area contributed by atoms with Gasteiger partial charge in [0.25, 0.3) is 5.91 Å². The van der Waals surface area contributed by atoms with Gasteiger partial charge in [-0.3, -0.25) is 9.59 Å². The van der Waals surface area contributed by atoms with Gasteiger partial charge in [0.1, 0.15) is 22.8 Å². The summed E-state index contributed by atoms with van der Waals surface area (Å²) in [7, 11) is 4.57. The van der Waals surface area contributed by atoms with Crippen molar-refractivity contribution in [1.29, 1.82) is 0 Å². The second kappa shape index (κ2) is 9.31. The highest BCUT2D eigenvalue weighted by Crippen LogP contribution is 2.35. The zero-order valence-corrected chi connectivity index (χ0v) is 16.0. The van der Waals surface area contributed by atoms with Gasteiger partial charge in [0.05, 0.1) is 21.3 Å². The number of ether oxygens (including phenoxy) is 3. The minimum Gasteiger partial charge on any atom is -0.496 e. The van der Waals surface area contributed by atoms with Crippen molar-refractivity contribution in [3.05, 3.63) is 17.7 Å². The van der Waals surface area contributed by atoms with Crippen molar-refractivity contribution in [2.75, 3.05) is 47.5 Å². The predicted octanol–water partition coefficient (Wildman–Crippen LogP) is 2.19. The Morgan fingerprint density at radius 3 is 2.04 bits per heavy atom. The van der Waals surface area contributed by atoms with Crippen LogP contribution in [0, 0.1) is 0 Å². The standard InChI is InChI=1S/C19H28N2O5/c1-5-7-17(22)20-8-6-9-21(11-10-20)19(23)18-15(25-3)12-14(24-2)13-16(18)26-4/h12-13H,5-11H2,1-4H3. The number of carbonyl (C=O) groups excluding carboxylic acids is 2. The molecule has 0 radical (unpaired) electrons. The van der Waals surface area contributed by atoms with Crippen LogP contribution in [0.4, 0.5) is 0 Å². The summed E-state index contributed by atoms with van der Waals surface area (Å²) in [5, 5.41) is 0. The fourth-order valence-corrected chi connectivity index (χ4v) is 3.12. The molecule has 0 atom stereocenters. The molecule has 144 valence electrons. The van der Waals surface area contributed by atoms with Gasteiger partial charge in [-0.05, 0) is 12.8 Å². The first-order valence-corrected chi connectivity index (χ1v) is 8.92. The van der Waals surface area contributed by atoms with Crippen molar-refractivity contribution in [3.63, 3.8) is 0 Å². The van der Waals surface area contributed by atoms with Crippen LogP contribution >= 0.6 is 0 Å². The minimum atomic E-state index is -0.161. The molecule has 1 aliphatic heterocycles. The summed E-state index contributed by atoms with van der Waals surface area (Å²) in [6, 6.07) is 3.34. The van der Waals surface area contributed by atoms with Crippen molar-refractivity contribution < 1.29 is 23.8 Å². The van der Waals surface area contributed by atoms with Gasteiger partial charge in [-0.25, -0.2) is 0 Å². The van der Waals surface area contributed by atoms with E-state index in [2.05, 4.69) is 0 Å². The smallest absolute Gasteiger partial charge is 0.261 e. The summed E-state index contributed by atoms with van der Waals surface area (Å²) < 4.78 is 16.0. The van der Waals surface area contributed by atoms with Crippen LogP contribution in [-0.4, -0.2) is 69.1 Å². The molecule has 0 unspecified atom stereocenters. The van der Waals surface area contributed by atoms with Gasteiger partial charge < -0.3 is 24.0 Å². The number of hydrogen-bond acceptors (Lipinski definition) is 5. The van der Waals surface area contributed by atoms with Crippen LogP contribution in [0.2, 0.25) is 0 Å². The van der Waals surface area contributed by atoms with Crippen molar-refractivity contribution in [2.45, 2.75) is 26.2 Å². The number of amides is 2. The number of nitrogens with zero attached hydrogens (tertiary/aromatic N) is 2. The highest BCUT2D eigenvalue weighted by Gasteiger charge is 2.27. The zero-order chi connectivity index (χ0) is 19.1. The molecule has 2 amide bonds. The minimum absolute atomic E-state index is 0.154. The maximum absolute atomic E-state index is 13.1. The maximum atomic E-state index is 13.1. The molecule has 2 rings (SSSR count). The summed E-state index contributed by atoms with van der Waals surface area (Å²) in [4.78, 5) is 28.9. The third-order valence-corrected chi connectivity index (χ3v) is 4.53.